The number of carbonyl (C=O) groups is 1. The van der Waals surface area contributed by atoms with Gasteiger partial charge in [-0.2, -0.15) is 0 Å². The van der Waals surface area contributed by atoms with E-state index < -0.39 is 0 Å². The number of H-pyrrole nitrogens is 1. The molecule has 3 aromatic rings. The summed E-state index contributed by atoms with van der Waals surface area (Å²) in [5.41, 5.74) is 1.39. The van der Waals surface area contributed by atoms with E-state index in [1.54, 1.807) is 29.2 Å². The number of nitrogens with zero attached hydrogens (tertiary/aromatic N) is 2. The van der Waals surface area contributed by atoms with Gasteiger partial charge in [-0.15, -0.1) is 0 Å². The number of aromatic amines is 1. The Morgan fingerprint density at radius 1 is 1.23 bits per heavy atom. The zero-order valence-electron chi connectivity index (χ0n) is 17.4. The molecule has 0 spiro atoms. The van der Waals surface area contributed by atoms with Crippen LogP contribution in [0.15, 0.2) is 47.3 Å². The van der Waals surface area contributed by atoms with E-state index in [0.717, 1.165) is 11.3 Å². The van der Waals surface area contributed by atoms with E-state index in [-0.39, 0.29) is 24.1 Å². The van der Waals surface area contributed by atoms with E-state index in [9.17, 15) is 9.59 Å². The Kier molecular flexibility index (Phi) is 7.11. The fourth-order valence-corrected chi connectivity index (χ4v) is 3.48. The average Bonchev–Trinajstić information content (AvgIpc) is 2.70. The van der Waals surface area contributed by atoms with E-state index >= 15 is 0 Å². The Labute approximate surface area is 180 Å². The summed E-state index contributed by atoms with van der Waals surface area (Å²) in [7, 11) is 0. The van der Waals surface area contributed by atoms with Gasteiger partial charge in [-0.05, 0) is 63.1 Å². The minimum atomic E-state index is -0.196. The Hall–Kier alpha value is -2.86. The third kappa shape index (κ3) is 5.39. The van der Waals surface area contributed by atoms with Crippen molar-refractivity contribution in [2.75, 3.05) is 6.61 Å². The summed E-state index contributed by atoms with van der Waals surface area (Å²) < 4.78 is 5.78. The average molecular weight is 428 g/mol. The summed E-state index contributed by atoms with van der Waals surface area (Å²) in [4.78, 5) is 34.1. The van der Waals surface area contributed by atoms with Crippen LogP contribution in [-0.2, 0) is 11.3 Å². The van der Waals surface area contributed by atoms with Crippen molar-refractivity contribution in [1.29, 1.82) is 0 Å². The van der Waals surface area contributed by atoms with Gasteiger partial charge < -0.3 is 14.6 Å². The lowest BCUT2D eigenvalue weighted by molar-refractivity contribution is -0.133. The molecule has 7 heteroatoms. The summed E-state index contributed by atoms with van der Waals surface area (Å²) in [6, 6.07) is 12.6. The van der Waals surface area contributed by atoms with Gasteiger partial charge in [0.05, 0.1) is 24.1 Å². The first-order chi connectivity index (χ1) is 14.3. The topological polar surface area (TPSA) is 75.3 Å². The number of rotatable bonds is 8. The minimum absolute atomic E-state index is 0.00256. The van der Waals surface area contributed by atoms with Crippen LogP contribution < -0.4 is 10.3 Å². The first-order valence-corrected chi connectivity index (χ1v) is 10.4. The number of hydrogen-bond acceptors (Lipinski definition) is 4. The Bertz CT molecular complexity index is 1090. The molecule has 0 fully saturated rings. The van der Waals surface area contributed by atoms with Gasteiger partial charge in [0.1, 0.15) is 11.6 Å². The maximum atomic E-state index is 12.8. The number of fused-ring (bicyclic) bond motifs is 1. The minimum Gasteiger partial charge on any atom is -0.493 e. The zero-order chi connectivity index (χ0) is 21.7. The normalized spacial score (nSPS) is 11.1. The molecule has 3 rings (SSSR count). The Balaban J connectivity index is 1.60. The van der Waals surface area contributed by atoms with Crippen LogP contribution in [-0.4, -0.2) is 33.4 Å². The lowest BCUT2D eigenvalue weighted by atomic mass is 10.2. The molecule has 0 unspecified atom stereocenters. The van der Waals surface area contributed by atoms with Crippen molar-refractivity contribution in [2.45, 2.75) is 46.2 Å². The van der Waals surface area contributed by atoms with Crippen LogP contribution in [0.1, 0.15) is 38.1 Å². The number of aromatic nitrogens is 2. The lowest BCUT2D eigenvalue weighted by Crippen LogP contribution is -2.37. The van der Waals surface area contributed by atoms with Crippen LogP contribution in [0.4, 0.5) is 0 Å². The van der Waals surface area contributed by atoms with E-state index in [1.807, 2.05) is 39.0 Å². The second kappa shape index (κ2) is 9.76. The fraction of sp³-hybridized carbons (Fsp3) is 0.348. The number of amides is 1. The molecule has 2 aromatic carbocycles. The summed E-state index contributed by atoms with van der Waals surface area (Å²) in [5.74, 6) is 1.25. The molecule has 0 aliphatic heterocycles. The van der Waals surface area contributed by atoms with E-state index in [4.69, 9.17) is 16.3 Å². The molecule has 0 aliphatic carbocycles. The lowest BCUT2D eigenvalue weighted by Gasteiger charge is -2.26. The maximum Gasteiger partial charge on any atom is 0.258 e. The highest BCUT2D eigenvalue weighted by Crippen LogP contribution is 2.22. The molecule has 0 atom stereocenters. The number of nitrogens with one attached hydrogen (secondary N) is 1. The molecule has 1 heterocycles. The smallest absolute Gasteiger partial charge is 0.258 e. The van der Waals surface area contributed by atoms with Crippen molar-refractivity contribution in [3.8, 4) is 5.75 Å². The third-order valence-electron chi connectivity index (χ3n) is 4.86. The van der Waals surface area contributed by atoms with Gasteiger partial charge in [0.15, 0.2) is 0 Å². The quantitative estimate of drug-likeness (QED) is 0.538. The molecule has 158 valence electrons. The molecule has 6 nitrogen and oxygen atoms in total. The van der Waals surface area contributed by atoms with Gasteiger partial charge in [-0.25, -0.2) is 4.98 Å². The van der Waals surface area contributed by atoms with E-state index in [2.05, 4.69) is 9.97 Å². The van der Waals surface area contributed by atoms with Crippen molar-refractivity contribution in [1.82, 2.24) is 14.9 Å². The van der Waals surface area contributed by atoms with Crippen LogP contribution >= 0.6 is 11.6 Å². The summed E-state index contributed by atoms with van der Waals surface area (Å²) in [5, 5.41) is 1.21. The molecule has 1 amide bonds. The van der Waals surface area contributed by atoms with Crippen molar-refractivity contribution < 1.29 is 9.53 Å². The summed E-state index contributed by atoms with van der Waals surface area (Å²) in [6.07, 6.45) is 0.939. The molecule has 0 bridgehead atoms. The summed E-state index contributed by atoms with van der Waals surface area (Å²) >= 11 is 5.96. The van der Waals surface area contributed by atoms with E-state index in [1.165, 1.54) is 0 Å². The Morgan fingerprint density at radius 2 is 2.00 bits per heavy atom. The molecule has 0 radical (unpaired) electrons. The molecular weight excluding hydrogens is 402 g/mol. The first-order valence-electron chi connectivity index (χ1n) is 10.0. The van der Waals surface area contributed by atoms with Gasteiger partial charge in [0.25, 0.3) is 5.56 Å². The standard InChI is InChI=1S/C23H26ClN3O3/c1-15(2)27(14-21-25-19-8-5-4-7-18(19)23(29)26-21)22(28)9-6-12-30-20-11-10-17(24)13-16(20)3/h4-5,7-8,10-11,13,15H,6,9,12,14H2,1-3H3,(H,25,26,29). The second-order valence-electron chi connectivity index (χ2n) is 7.51. The van der Waals surface area contributed by atoms with Gasteiger partial charge in [0.2, 0.25) is 5.91 Å². The molecule has 1 N–H and O–H groups in total. The van der Waals surface area contributed by atoms with Gasteiger partial charge in [0, 0.05) is 17.5 Å². The monoisotopic (exact) mass is 427 g/mol. The molecule has 30 heavy (non-hydrogen) atoms. The van der Waals surface area contributed by atoms with Crippen LogP contribution in [0.3, 0.4) is 0 Å². The molecule has 0 saturated heterocycles. The summed E-state index contributed by atoms with van der Waals surface area (Å²) in [6.45, 7) is 6.53. The SMILES string of the molecule is Cc1cc(Cl)ccc1OCCCC(=O)N(Cc1nc2ccccc2c(=O)[nH]1)C(C)C. The van der Waals surface area contributed by atoms with E-state index in [0.29, 0.717) is 41.2 Å². The van der Waals surface area contributed by atoms with Crippen LogP contribution in [0, 0.1) is 6.92 Å². The van der Waals surface area contributed by atoms with Crippen molar-refractivity contribution >= 4 is 28.4 Å². The Morgan fingerprint density at radius 3 is 2.73 bits per heavy atom. The molecule has 0 aliphatic rings. The van der Waals surface area contributed by atoms with Crippen molar-refractivity contribution in [3.63, 3.8) is 0 Å². The van der Waals surface area contributed by atoms with Crippen LogP contribution in [0.5, 0.6) is 5.75 Å². The number of ether oxygens (including phenoxy) is 1. The third-order valence-corrected chi connectivity index (χ3v) is 5.09. The number of aryl methyl sites for hydroxylation is 1. The van der Waals surface area contributed by atoms with Gasteiger partial charge in [-0.1, -0.05) is 23.7 Å². The highest BCUT2D eigenvalue weighted by molar-refractivity contribution is 6.30. The highest BCUT2D eigenvalue weighted by atomic mass is 35.5. The highest BCUT2D eigenvalue weighted by Gasteiger charge is 2.18. The zero-order valence-corrected chi connectivity index (χ0v) is 18.2. The number of para-hydroxylation sites is 1. The number of carbonyl (C=O) groups excluding carboxylic acids is 1. The second-order valence-corrected chi connectivity index (χ2v) is 7.94. The van der Waals surface area contributed by atoms with Crippen molar-refractivity contribution in [2.24, 2.45) is 0 Å². The predicted molar refractivity (Wildman–Crippen MR) is 119 cm³/mol. The van der Waals surface area contributed by atoms with Crippen molar-refractivity contribution in [3.05, 3.63) is 69.2 Å². The maximum absolute atomic E-state index is 12.8. The molecular formula is C23H26ClN3O3. The number of hydrogen-bond donors (Lipinski definition) is 1. The number of benzene rings is 2. The van der Waals surface area contributed by atoms with Crippen LogP contribution in [0.2, 0.25) is 5.02 Å². The van der Waals surface area contributed by atoms with Gasteiger partial charge >= 0.3 is 0 Å². The number of halogens is 1. The fourth-order valence-electron chi connectivity index (χ4n) is 3.25. The molecule has 0 saturated carbocycles. The first kappa shape index (κ1) is 21.8. The predicted octanol–water partition coefficient (Wildman–Crippen LogP) is 4.48. The van der Waals surface area contributed by atoms with Crippen LogP contribution in [0.25, 0.3) is 10.9 Å². The van der Waals surface area contributed by atoms with Gasteiger partial charge in [-0.3, -0.25) is 9.59 Å². The largest absolute Gasteiger partial charge is 0.493 e. The molecule has 1 aromatic heterocycles.